The van der Waals surface area contributed by atoms with E-state index in [0.29, 0.717) is 25.7 Å². The van der Waals surface area contributed by atoms with Crippen LogP contribution in [0, 0.1) is 23.7 Å². The first kappa shape index (κ1) is 32.5. The molecule has 2 aliphatic carbocycles. The predicted octanol–water partition coefficient (Wildman–Crippen LogP) is 2.23. The molecule has 0 aromatic carbocycles. The van der Waals surface area contributed by atoms with Crippen molar-refractivity contribution in [3.05, 3.63) is 25.3 Å². The van der Waals surface area contributed by atoms with Crippen molar-refractivity contribution in [2.75, 3.05) is 39.6 Å². The van der Waals surface area contributed by atoms with Crippen LogP contribution in [0.15, 0.2) is 25.3 Å². The number of ether oxygens (including phenoxy) is 6. The fraction of sp³-hybridized carbons (Fsp3) is 0.643. The van der Waals surface area contributed by atoms with Gasteiger partial charge in [0, 0.05) is 12.2 Å². The van der Waals surface area contributed by atoms with Gasteiger partial charge in [0.15, 0.2) is 0 Å². The average Bonchev–Trinajstić information content (AvgIpc) is 2.98. The lowest BCUT2D eigenvalue weighted by Crippen LogP contribution is -2.37. The number of carbonyl (C=O) groups excluding carboxylic acids is 6. The molecular weight excluding hydrogens is 528 g/mol. The minimum Gasteiger partial charge on any atom is -0.462 e. The lowest BCUT2D eigenvalue weighted by atomic mass is 9.79. The Morgan fingerprint density at radius 2 is 0.675 bits per heavy atom. The highest BCUT2D eigenvalue weighted by molar-refractivity contribution is 5.83. The van der Waals surface area contributed by atoms with E-state index in [0.717, 1.165) is 37.8 Å². The van der Waals surface area contributed by atoms with Crippen LogP contribution in [0.4, 0.5) is 0 Å². The lowest BCUT2D eigenvalue weighted by Gasteiger charge is -2.29. The summed E-state index contributed by atoms with van der Waals surface area (Å²) in [5.41, 5.74) is 0. The molecule has 12 heteroatoms. The Hall–Kier alpha value is -3.70. The fourth-order valence-electron chi connectivity index (χ4n) is 4.79. The zero-order valence-corrected chi connectivity index (χ0v) is 22.7. The third kappa shape index (κ3) is 10.8. The molecular formula is C28H38O12. The van der Waals surface area contributed by atoms with Crippen molar-refractivity contribution in [1.29, 1.82) is 0 Å². The van der Waals surface area contributed by atoms with Crippen molar-refractivity contribution in [2.24, 2.45) is 23.7 Å². The van der Waals surface area contributed by atoms with Gasteiger partial charge >= 0.3 is 35.8 Å². The quantitative estimate of drug-likeness (QED) is 0.123. The molecule has 0 heterocycles. The van der Waals surface area contributed by atoms with Gasteiger partial charge in [0.2, 0.25) is 0 Å². The molecule has 12 nitrogen and oxygen atoms in total. The molecule has 2 aliphatic rings. The summed E-state index contributed by atoms with van der Waals surface area (Å²) in [6.07, 6.45) is 6.90. The predicted molar refractivity (Wildman–Crippen MR) is 137 cm³/mol. The molecule has 4 unspecified atom stereocenters. The minimum atomic E-state index is -0.684. The number of carbonyl (C=O) groups is 6. The molecule has 4 atom stereocenters. The van der Waals surface area contributed by atoms with Crippen LogP contribution in [0.25, 0.3) is 0 Å². The van der Waals surface area contributed by atoms with E-state index in [-0.39, 0.29) is 39.6 Å². The van der Waals surface area contributed by atoms with Gasteiger partial charge in [-0.15, -0.1) is 0 Å². The Labute approximate surface area is 233 Å². The molecule has 0 aromatic heterocycles. The van der Waals surface area contributed by atoms with Crippen LogP contribution in [0.3, 0.4) is 0 Å². The summed E-state index contributed by atoms with van der Waals surface area (Å²) in [5, 5.41) is 0. The molecule has 0 radical (unpaired) electrons. The van der Waals surface area contributed by atoms with Crippen molar-refractivity contribution in [1.82, 2.24) is 0 Å². The molecule has 0 bridgehead atoms. The maximum atomic E-state index is 12.7. The third-order valence-electron chi connectivity index (χ3n) is 6.79. The molecule has 0 aromatic rings. The Morgan fingerprint density at radius 3 is 0.900 bits per heavy atom. The molecule has 0 spiro atoms. The average molecular weight is 567 g/mol. The summed E-state index contributed by atoms with van der Waals surface area (Å²) in [6.45, 7) is 5.66. The molecule has 0 amide bonds. The Balaban J connectivity index is 1.75. The summed E-state index contributed by atoms with van der Waals surface area (Å²) in [7, 11) is 0. The van der Waals surface area contributed by atoms with Crippen molar-refractivity contribution in [2.45, 2.75) is 51.4 Å². The highest BCUT2D eigenvalue weighted by Crippen LogP contribution is 2.33. The van der Waals surface area contributed by atoms with Crippen LogP contribution in [0.1, 0.15) is 51.4 Å². The maximum Gasteiger partial charge on any atom is 0.330 e. The van der Waals surface area contributed by atoms with Crippen LogP contribution >= 0.6 is 0 Å². The minimum absolute atomic E-state index is 0.117. The normalized spacial score (nSPS) is 22.1. The summed E-state index contributed by atoms with van der Waals surface area (Å²) in [6, 6.07) is 0. The van der Waals surface area contributed by atoms with Gasteiger partial charge < -0.3 is 28.4 Å². The first-order chi connectivity index (χ1) is 19.3. The Kier molecular flexibility index (Phi) is 14.5. The molecule has 2 fully saturated rings. The number of esters is 6. The van der Waals surface area contributed by atoms with Crippen LogP contribution < -0.4 is 0 Å². The van der Waals surface area contributed by atoms with Gasteiger partial charge in [0.1, 0.15) is 39.6 Å². The van der Waals surface area contributed by atoms with E-state index in [9.17, 15) is 28.8 Å². The Bertz CT molecular complexity index is 852. The summed E-state index contributed by atoms with van der Waals surface area (Å²) in [5.74, 6) is -6.24. The van der Waals surface area contributed by atoms with E-state index >= 15 is 0 Å². The lowest BCUT2D eigenvalue weighted by molar-refractivity contribution is -0.168. The monoisotopic (exact) mass is 566 g/mol. The van der Waals surface area contributed by atoms with Crippen LogP contribution in [0.2, 0.25) is 0 Å². The van der Waals surface area contributed by atoms with Gasteiger partial charge in [0.05, 0.1) is 23.7 Å². The van der Waals surface area contributed by atoms with E-state index in [4.69, 9.17) is 28.4 Å². The first-order valence-electron chi connectivity index (χ1n) is 13.5. The van der Waals surface area contributed by atoms with Gasteiger partial charge in [-0.25, -0.2) is 9.59 Å². The number of hydrogen-bond acceptors (Lipinski definition) is 12. The fourth-order valence-corrected chi connectivity index (χ4v) is 4.79. The summed E-state index contributed by atoms with van der Waals surface area (Å²) < 4.78 is 30.5. The van der Waals surface area contributed by atoms with Crippen LogP contribution in [-0.4, -0.2) is 75.5 Å². The maximum absolute atomic E-state index is 12.7. The van der Waals surface area contributed by atoms with E-state index in [1.165, 1.54) is 0 Å². The molecule has 2 saturated carbocycles. The van der Waals surface area contributed by atoms with Gasteiger partial charge in [0.25, 0.3) is 0 Å². The molecule has 0 saturated heterocycles. The molecule has 40 heavy (non-hydrogen) atoms. The van der Waals surface area contributed by atoms with Crippen molar-refractivity contribution < 1.29 is 57.2 Å². The molecule has 222 valence electrons. The summed E-state index contributed by atoms with van der Waals surface area (Å²) in [4.78, 5) is 72.6. The first-order valence-corrected chi connectivity index (χ1v) is 13.5. The van der Waals surface area contributed by atoms with Crippen LogP contribution in [-0.2, 0) is 57.2 Å². The zero-order valence-electron chi connectivity index (χ0n) is 22.7. The Morgan fingerprint density at radius 1 is 0.450 bits per heavy atom. The van der Waals surface area contributed by atoms with E-state index < -0.39 is 59.5 Å². The van der Waals surface area contributed by atoms with Gasteiger partial charge in [-0.2, -0.15) is 0 Å². The van der Waals surface area contributed by atoms with Gasteiger partial charge in [-0.1, -0.05) is 38.8 Å². The van der Waals surface area contributed by atoms with Gasteiger partial charge in [-0.05, 0) is 25.7 Å². The second-order valence-electron chi connectivity index (χ2n) is 9.41. The van der Waals surface area contributed by atoms with Crippen molar-refractivity contribution in [3.8, 4) is 0 Å². The van der Waals surface area contributed by atoms with Crippen molar-refractivity contribution in [3.63, 3.8) is 0 Å². The topological polar surface area (TPSA) is 158 Å². The molecule has 2 rings (SSSR count). The molecule has 0 N–H and O–H groups in total. The second-order valence-corrected chi connectivity index (χ2v) is 9.41. The van der Waals surface area contributed by atoms with Crippen LogP contribution in [0.5, 0.6) is 0 Å². The SMILES string of the molecule is C=CC(=O)OCCOC(=O)C1CCCCC1C(=O)OCCOC(=O)C1CCCCC1C(=O)OCCOC(=O)C=C. The molecule has 0 aliphatic heterocycles. The summed E-state index contributed by atoms with van der Waals surface area (Å²) >= 11 is 0. The largest absolute Gasteiger partial charge is 0.462 e. The third-order valence-corrected chi connectivity index (χ3v) is 6.79. The standard InChI is InChI=1S/C28H38O12/c1-3-23(29)35-13-15-37-25(31)19-9-5-7-11-21(19)27(33)39-17-18-40-28(34)22-12-8-6-10-20(22)26(32)38-16-14-36-24(30)4-2/h3-4,19-22H,1-2,5-18H2. The highest BCUT2D eigenvalue weighted by Gasteiger charge is 2.39. The van der Waals surface area contributed by atoms with E-state index in [1.807, 2.05) is 0 Å². The van der Waals surface area contributed by atoms with E-state index in [2.05, 4.69) is 13.2 Å². The number of hydrogen-bond donors (Lipinski definition) is 0. The zero-order chi connectivity index (χ0) is 29.3. The van der Waals surface area contributed by atoms with Gasteiger partial charge in [-0.3, -0.25) is 19.2 Å². The van der Waals surface area contributed by atoms with Crippen molar-refractivity contribution >= 4 is 35.8 Å². The van der Waals surface area contributed by atoms with E-state index in [1.54, 1.807) is 0 Å². The highest BCUT2D eigenvalue weighted by atomic mass is 16.6. The number of rotatable bonds is 15. The second kappa shape index (κ2) is 17.8. The smallest absolute Gasteiger partial charge is 0.330 e.